The van der Waals surface area contributed by atoms with Crippen molar-refractivity contribution in [2.75, 3.05) is 40.2 Å². The monoisotopic (exact) mass is 417 g/mol. The number of nitro benzene ring substituents is 1. The van der Waals surface area contributed by atoms with Gasteiger partial charge in [0, 0.05) is 6.54 Å². The molecular formula is C21H27N3O6. The van der Waals surface area contributed by atoms with Crippen LogP contribution in [0.25, 0.3) is 0 Å². The number of amides is 1. The first kappa shape index (κ1) is 23.0. The van der Waals surface area contributed by atoms with Crippen molar-refractivity contribution in [3.05, 3.63) is 52.1 Å². The van der Waals surface area contributed by atoms with E-state index in [1.165, 1.54) is 19.2 Å². The van der Waals surface area contributed by atoms with Gasteiger partial charge in [0.25, 0.3) is 5.69 Å². The Balaban J connectivity index is 2.02. The zero-order valence-electron chi connectivity index (χ0n) is 17.8. The van der Waals surface area contributed by atoms with Crippen LogP contribution in [0.1, 0.15) is 12.5 Å². The van der Waals surface area contributed by atoms with Crippen LogP contribution in [0.5, 0.6) is 17.2 Å². The van der Waals surface area contributed by atoms with Gasteiger partial charge in [0.15, 0.2) is 11.5 Å². The third kappa shape index (κ3) is 5.60. The minimum atomic E-state index is -0.552. The number of nitrogens with zero attached hydrogens (tertiary/aromatic N) is 2. The number of likely N-dealkylation sites (N-methyl/N-ethyl adjacent to an activating group) is 1. The van der Waals surface area contributed by atoms with Crippen LogP contribution in [-0.4, -0.2) is 56.7 Å². The number of nitrogens with one attached hydrogen (secondary N) is 1. The fraction of sp³-hybridized carbons (Fsp3) is 0.381. The maximum Gasteiger partial charge on any atom is 0.296 e. The highest BCUT2D eigenvalue weighted by Gasteiger charge is 2.22. The number of ether oxygens (including phenoxy) is 3. The van der Waals surface area contributed by atoms with E-state index in [9.17, 15) is 14.9 Å². The fourth-order valence-corrected chi connectivity index (χ4v) is 2.87. The summed E-state index contributed by atoms with van der Waals surface area (Å²) in [7, 11) is 6.41. The summed E-state index contributed by atoms with van der Waals surface area (Å²) < 4.78 is 15.6. The number of benzene rings is 2. The molecule has 0 aliphatic rings. The summed E-state index contributed by atoms with van der Waals surface area (Å²) in [5.74, 6) is 1.32. The van der Waals surface area contributed by atoms with E-state index in [0.29, 0.717) is 30.2 Å². The molecule has 0 radical (unpaired) electrons. The van der Waals surface area contributed by atoms with Crippen LogP contribution in [0.3, 0.4) is 0 Å². The summed E-state index contributed by atoms with van der Waals surface area (Å²) >= 11 is 0. The molecule has 0 spiro atoms. The first-order valence-corrected chi connectivity index (χ1v) is 9.35. The van der Waals surface area contributed by atoms with Gasteiger partial charge in [0.1, 0.15) is 11.4 Å². The molecule has 2 aromatic rings. The van der Waals surface area contributed by atoms with Gasteiger partial charge in [0.2, 0.25) is 5.91 Å². The number of carbonyl (C=O) groups excluding carboxylic acids is 1. The van der Waals surface area contributed by atoms with Crippen LogP contribution in [0.15, 0.2) is 36.4 Å². The van der Waals surface area contributed by atoms with Crippen LogP contribution in [0, 0.1) is 10.1 Å². The third-order valence-corrected chi connectivity index (χ3v) is 4.90. The predicted octanol–water partition coefficient (Wildman–Crippen LogP) is 3.12. The van der Waals surface area contributed by atoms with Gasteiger partial charge in [0.05, 0.1) is 38.4 Å². The fourth-order valence-electron chi connectivity index (χ4n) is 2.87. The summed E-state index contributed by atoms with van der Waals surface area (Å²) in [4.78, 5) is 25.3. The van der Waals surface area contributed by atoms with Crippen molar-refractivity contribution in [2.24, 2.45) is 0 Å². The van der Waals surface area contributed by atoms with Crippen molar-refractivity contribution in [1.82, 2.24) is 4.90 Å². The molecular weight excluding hydrogens is 390 g/mol. The maximum atomic E-state index is 12.6. The molecule has 0 unspecified atom stereocenters. The van der Waals surface area contributed by atoms with Crippen molar-refractivity contribution >= 4 is 17.3 Å². The van der Waals surface area contributed by atoms with Gasteiger partial charge in [-0.2, -0.15) is 0 Å². The molecule has 0 fully saturated rings. The van der Waals surface area contributed by atoms with Gasteiger partial charge in [-0.05, 0) is 50.2 Å². The minimum absolute atomic E-state index is 0.131. The molecule has 0 heterocycles. The van der Waals surface area contributed by atoms with Crippen LogP contribution < -0.4 is 19.5 Å². The van der Waals surface area contributed by atoms with Crippen molar-refractivity contribution in [1.29, 1.82) is 0 Å². The molecule has 0 aliphatic heterocycles. The molecule has 1 amide bonds. The van der Waals surface area contributed by atoms with Gasteiger partial charge < -0.3 is 19.5 Å². The molecule has 30 heavy (non-hydrogen) atoms. The Kier molecular flexibility index (Phi) is 7.99. The van der Waals surface area contributed by atoms with Gasteiger partial charge in [-0.3, -0.25) is 19.8 Å². The zero-order valence-corrected chi connectivity index (χ0v) is 17.8. The molecule has 0 aromatic heterocycles. The lowest BCUT2D eigenvalue weighted by Crippen LogP contribution is -2.40. The van der Waals surface area contributed by atoms with Crippen LogP contribution in [-0.2, 0) is 11.2 Å². The number of carbonyl (C=O) groups is 1. The second kappa shape index (κ2) is 10.4. The predicted molar refractivity (Wildman–Crippen MR) is 114 cm³/mol. The highest BCUT2D eigenvalue weighted by molar-refractivity contribution is 5.96. The number of hydrogen-bond acceptors (Lipinski definition) is 7. The maximum absolute atomic E-state index is 12.6. The van der Waals surface area contributed by atoms with E-state index in [1.807, 2.05) is 30.1 Å². The number of nitro groups is 1. The van der Waals surface area contributed by atoms with Gasteiger partial charge in [-0.1, -0.05) is 6.07 Å². The summed E-state index contributed by atoms with van der Waals surface area (Å²) in [5, 5.41) is 13.9. The molecule has 0 saturated heterocycles. The molecule has 1 N–H and O–H groups in total. The number of hydrogen-bond donors (Lipinski definition) is 1. The van der Waals surface area contributed by atoms with E-state index in [1.54, 1.807) is 27.2 Å². The number of rotatable bonds is 10. The van der Waals surface area contributed by atoms with E-state index < -0.39 is 11.0 Å². The first-order chi connectivity index (χ1) is 14.3. The Labute approximate surface area is 175 Å². The Bertz CT molecular complexity index is 902. The van der Waals surface area contributed by atoms with Gasteiger partial charge in [-0.25, -0.2) is 0 Å². The lowest BCUT2D eigenvalue weighted by molar-refractivity contribution is -0.384. The molecule has 2 rings (SSSR count). The minimum Gasteiger partial charge on any atom is -0.496 e. The normalized spacial score (nSPS) is 11.7. The number of methoxy groups -OCH3 is 3. The summed E-state index contributed by atoms with van der Waals surface area (Å²) in [6, 6.07) is 9.50. The van der Waals surface area contributed by atoms with Gasteiger partial charge >= 0.3 is 0 Å². The Morgan fingerprint density at radius 2 is 1.80 bits per heavy atom. The highest BCUT2D eigenvalue weighted by atomic mass is 16.6. The first-order valence-electron chi connectivity index (χ1n) is 9.35. The Morgan fingerprint density at radius 1 is 1.10 bits per heavy atom. The van der Waals surface area contributed by atoms with E-state index in [-0.39, 0.29) is 17.3 Å². The van der Waals surface area contributed by atoms with Gasteiger partial charge in [-0.15, -0.1) is 0 Å². The van der Waals surface area contributed by atoms with Crippen molar-refractivity contribution < 1.29 is 23.9 Å². The molecule has 0 bridgehead atoms. The second-order valence-electron chi connectivity index (χ2n) is 6.73. The lowest BCUT2D eigenvalue weighted by atomic mass is 10.1. The smallest absolute Gasteiger partial charge is 0.296 e. The van der Waals surface area contributed by atoms with E-state index >= 15 is 0 Å². The Morgan fingerprint density at radius 3 is 2.40 bits per heavy atom. The highest BCUT2D eigenvalue weighted by Crippen LogP contribution is 2.29. The number of anilines is 1. The van der Waals surface area contributed by atoms with Crippen molar-refractivity contribution in [2.45, 2.75) is 19.4 Å². The largest absolute Gasteiger partial charge is 0.496 e. The van der Waals surface area contributed by atoms with Crippen LogP contribution in [0.4, 0.5) is 11.4 Å². The zero-order chi connectivity index (χ0) is 22.3. The standard InChI is InChI=1S/C21H27N3O6/c1-14(21(25)22-17-8-7-16(28-3)13-18(17)24(26)27)23(2)11-10-15-6-9-19(29-4)20(12-15)30-5/h6-9,12-14H,10-11H2,1-5H3,(H,22,25)/t14-/m1/s1. The molecule has 2 aromatic carbocycles. The van der Waals surface area contributed by atoms with Crippen molar-refractivity contribution in [3.8, 4) is 17.2 Å². The topological polar surface area (TPSA) is 103 Å². The average Bonchev–Trinajstić information content (AvgIpc) is 2.76. The molecule has 9 nitrogen and oxygen atoms in total. The molecule has 0 aliphatic carbocycles. The molecule has 9 heteroatoms. The second-order valence-corrected chi connectivity index (χ2v) is 6.73. The van der Waals surface area contributed by atoms with E-state index in [0.717, 1.165) is 5.56 Å². The molecule has 162 valence electrons. The summed E-state index contributed by atoms with van der Waals surface area (Å²) in [5.41, 5.74) is 0.951. The average molecular weight is 417 g/mol. The van der Waals surface area contributed by atoms with Crippen LogP contribution in [0.2, 0.25) is 0 Å². The third-order valence-electron chi connectivity index (χ3n) is 4.90. The SMILES string of the molecule is COc1ccc(NC(=O)[C@@H](C)N(C)CCc2ccc(OC)c(OC)c2)c([N+](=O)[O-])c1. The van der Waals surface area contributed by atoms with Crippen molar-refractivity contribution in [3.63, 3.8) is 0 Å². The molecule has 1 atom stereocenters. The van der Waals surface area contributed by atoms with Crippen LogP contribution >= 0.6 is 0 Å². The van der Waals surface area contributed by atoms with E-state index in [4.69, 9.17) is 14.2 Å². The quantitative estimate of drug-likeness (QED) is 0.468. The lowest BCUT2D eigenvalue weighted by Gasteiger charge is -2.24. The summed E-state index contributed by atoms with van der Waals surface area (Å²) in [6.07, 6.45) is 0.692. The molecule has 0 saturated carbocycles. The summed E-state index contributed by atoms with van der Waals surface area (Å²) in [6.45, 7) is 2.36. The van der Waals surface area contributed by atoms with E-state index in [2.05, 4.69) is 5.32 Å². The Hall–Kier alpha value is -3.33.